The van der Waals surface area contributed by atoms with Gasteiger partial charge in [0.05, 0.1) is 18.8 Å². The number of aliphatic hydroxyl groups excluding tert-OH is 1. The van der Waals surface area contributed by atoms with Gasteiger partial charge in [-0.3, -0.25) is 9.59 Å². The van der Waals surface area contributed by atoms with Crippen molar-refractivity contribution in [2.24, 2.45) is 5.92 Å². The summed E-state index contributed by atoms with van der Waals surface area (Å²) in [5.74, 6) is 0.784. The van der Waals surface area contributed by atoms with E-state index in [9.17, 15) is 14.7 Å². The molecule has 254 valence electrons. The Balaban J connectivity index is 1.26. The highest BCUT2D eigenvalue weighted by molar-refractivity contribution is 8.01. The molecule has 4 atom stereocenters. The number of nitrogens with one attached hydrogen (secondary N) is 2. The van der Waals surface area contributed by atoms with Crippen molar-refractivity contribution in [3.8, 4) is 11.1 Å². The van der Waals surface area contributed by atoms with Gasteiger partial charge in [-0.1, -0.05) is 97.1 Å². The number of hydrogen-bond donors (Lipinski definition) is 3. The summed E-state index contributed by atoms with van der Waals surface area (Å²) in [6.45, 7) is 6.72. The number of hydrogen-bond acceptors (Lipinski definition) is 9. The van der Waals surface area contributed by atoms with Crippen molar-refractivity contribution >= 4 is 34.9 Å². The predicted molar refractivity (Wildman–Crippen MR) is 189 cm³/mol. The highest BCUT2D eigenvalue weighted by Gasteiger charge is 2.38. The maximum absolute atomic E-state index is 12.4. The van der Waals surface area contributed by atoms with Crippen LogP contribution in [0.4, 0.5) is 0 Å². The molecule has 1 aromatic heterocycles. The molecule has 5 rings (SSSR count). The molecule has 1 aliphatic rings. The van der Waals surface area contributed by atoms with E-state index in [4.69, 9.17) is 9.47 Å². The van der Waals surface area contributed by atoms with Gasteiger partial charge in [-0.15, -0.1) is 10.2 Å². The molecule has 1 saturated heterocycles. The summed E-state index contributed by atoms with van der Waals surface area (Å²) in [4.78, 5) is 23.4. The van der Waals surface area contributed by atoms with E-state index in [0.29, 0.717) is 25.3 Å². The summed E-state index contributed by atoms with van der Waals surface area (Å²) in [6.07, 6.45) is 2.13. The summed E-state index contributed by atoms with van der Waals surface area (Å²) < 4.78 is 14.3. The van der Waals surface area contributed by atoms with Gasteiger partial charge in [0.1, 0.15) is 5.01 Å². The molecule has 48 heavy (non-hydrogen) atoms. The normalized spacial score (nSPS) is 19.2. The van der Waals surface area contributed by atoms with Crippen LogP contribution in [0.3, 0.4) is 0 Å². The van der Waals surface area contributed by atoms with Crippen LogP contribution in [0, 0.1) is 12.8 Å². The summed E-state index contributed by atoms with van der Waals surface area (Å²) in [5, 5.41) is 24.8. The van der Waals surface area contributed by atoms with Crippen molar-refractivity contribution in [1.29, 1.82) is 0 Å². The molecule has 1 fully saturated rings. The van der Waals surface area contributed by atoms with Gasteiger partial charge >= 0.3 is 0 Å². The fourth-order valence-corrected chi connectivity index (χ4v) is 7.67. The van der Waals surface area contributed by atoms with Crippen LogP contribution in [0.1, 0.15) is 79.2 Å². The standard InChI is InChI=1S/C37H44N4O5S2/c1-24-33(23-47-37-41-40-26(3)48-37)45-36(46-35(24)29-16-14-27(22-42)15-17-29)32-12-8-11-31(20-32)30-10-7-9-28(19-30)21-39-34(44)13-5-4-6-18-38-25(2)43/h7-12,14-17,19-20,24,33,35-36,42H,4-6,13,18,21-23H2,1-3H3,(H,38,43)(H,39,44). The minimum absolute atomic E-state index is 0.00386. The van der Waals surface area contributed by atoms with E-state index in [-0.39, 0.29) is 36.5 Å². The van der Waals surface area contributed by atoms with Gasteiger partial charge in [0.25, 0.3) is 0 Å². The van der Waals surface area contributed by atoms with E-state index in [1.165, 1.54) is 6.92 Å². The molecule has 0 aliphatic carbocycles. The third kappa shape index (κ3) is 10.2. The van der Waals surface area contributed by atoms with E-state index < -0.39 is 6.29 Å². The van der Waals surface area contributed by atoms with Crippen LogP contribution in [-0.4, -0.2) is 45.5 Å². The van der Waals surface area contributed by atoms with Crippen LogP contribution in [0.15, 0.2) is 77.1 Å². The average molecular weight is 689 g/mol. The molecule has 0 spiro atoms. The maximum atomic E-state index is 12.4. The summed E-state index contributed by atoms with van der Waals surface area (Å²) in [5.41, 5.74) is 5.93. The lowest BCUT2D eigenvalue weighted by molar-refractivity contribution is -0.268. The Kier molecular flexibility index (Phi) is 13.2. The van der Waals surface area contributed by atoms with Gasteiger partial charge in [-0.2, -0.15) is 0 Å². The molecule has 4 unspecified atom stereocenters. The van der Waals surface area contributed by atoms with Gasteiger partial charge in [0.2, 0.25) is 11.8 Å². The minimum Gasteiger partial charge on any atom is -0.392 e. The number of aromatic nitrogens is 2. The Morgan fingerprint density at radius 3 is 2.40 bits per heavy atom. The SMILES string of the molecule is CC(=O)NCCCCCC(=O)NCc1cccc(-c2cccc(C3OC(CSc4nnc(C)s4)C(C)C(c4ccc(CO)cc4)O3)c2)c1. The highest BCUT2D eigenvalue weighted by Crippen LogP contribution is 2.43. The fraction of sp³-hybridized carbons (Fsp3) is 0.405. The third-order valence-electron chi connectivity index (χ3n) is 8.37. The summed E-state index contributed by atoms with van der Waals surface area (Å²) in [7, 11) is 0. The van der Waals surface area contributed by atoms with Crippen LogP contribution in [0.2, 0.25) is 0 Å². The number of unbranched alkanes of at least 4 members (excludes halogenated alkanes) is 2. The van der Waals surface area contributed by atoms with Crippen molar-refractivity contribution in [3.63, 3.8) is 0 Å². The number of carbonyl (C=O) groups excluding carboxylic acids is 2. The molecule has 2 amide bonds. The van der Waals surface area contributed by atoms with Crippen molar-refractivity contribution in [2.45, 2.75) is 82.4 Å². The molecule has 0 radical (unpaired) electrons. The van der Waals surface area contributed by atoms with Crippen LogP contribution < -0.4 is 10.6 Å². The zero-order valence-electron chi connectivity index (χ0n) is 27.7. The number of carbonyl (C=O) groups is 2. The van der Waals surface area contributed by atoms with E-state index >= 15 is 0 Å². The monoisotopic (exact) mass is 688 g/mol. The number of aliphatic hydroxyl groups is 1. The molecular weight excluding hydrogens is 645 g/mol. The minimum atomic E-state index is -0.578. The zero-order valence-corrected chi connectivity index (χ0v) is 29.3. The first-order valence-electron chi connectivity index (χ1n) is 16.4. The van der Waals surface area contributed by atoms with Crippen molar-refractivity contribution in [3.05, 3.63) is 100 Å². The Bertz CT molecular complexity index is 1650. The predicted octanol–water partition coefficient (Wildman–Crippen LogP) is 6.90. The summed E-state index contributed by atoms with van der Waals surface area (Å²) >= 11 is 3.24. The number of amides is 2. The second-order valence-electron chi connectivity index (χ2n) is 12.1. The van der Waals surface area contributed by atoms with Gasteiger partial charge in [-0.25, -0.2) is 0 Å². The largest absolute Gasteiger partial charge is 0.392 e. The molecule has 9 nitrogen and oxygen atoms in total. The van der Waals surface area contributed by atoms with Crippen molar-refractivity contribution < 1.29 is 24.2 Å². The quantitative estimate of drug-likeness (QED) is 0.0911. The number of aryl methyl sites for hydroxylation is 1. The van der Waals surface area contributed by atoms with Gasteiger partial charge < -0.3 is 25.2 Å². The van der Waals surface area contributed by atoms with E-state index in [2.05, 4.69) is 52.0 Å². The van der Waals surface area contributed by atoms with Gasteiger partial charge in [-0.05, 0) is 59.7 Å². The second kappa shape index (κ2) is 17.7. The molecule has 0 bridgehead atoms. The Hall–Kier alpha value is -3.61. The van der Waals surface area contributed by atoms with E-state index in [1.807, 2.05) is 55.5 Å². The zero-order chi connectivity index (χ0) is 33.9. The van der Waals surface area contributed by atoms with Crippen LogP contribution in [-0.2, 0) is 32.2 Å². The fourth-order valence-electron chi connectivity index (χ4n) is 5.67. The van der Waals surface area contributed by atoms with E-state index in [0.717, 1.165) is 62.0 Å². The average Bonchev–Trinajstić information content (AvgIpc) is 3.53. The Morgan fingerprint density at radius 2 is 1.67 bits per heavy atom. The molecule has 2 heterocycles. The van der Waals surface area contributed by atoms with Crippen molar-refractivity contribution in [2.75, 3.05) is 12.3 Å². The lowest BCUT2D eigenvalue weighted by Gasteiger charge is -2.41. The van der Waals surface area contributed by atoms with E-state index in [1.54, 1.807) is 23.1 Å². The number of rotatable bonds is 15. The first-order chi connectivity index (χ1) is 23.3. The number of thioether (sulfide) groups is 1. The lowest BCUT2D eigenvalue weighted by Crippen LogP contribution is -2.38. The molecule has 3 N–H and O–H groups in total. The number of ether oxygens (including phenoxy) is 2. The molecule has 0 saturated carbocycles. The Labute approximate surface area is 290 Å². The first-order valence-corrected chi connectivity index (χ1v) is 18.2. The molecule has 3 aromatic carbocycles. The lowest BCUT2D eigenvalue weighted by atomic mass is 9.91. The molecule has 11 heteroatoms. The third-order valence-corrected chi connectivity index (χ3v) is 10.4. The number of benzene rings is 3. The first kappa shape index (κ1) is 35.7. The number of nitrogens with zero attached hydrogens (tertiary/aromatic N) is 2. The highest BCUT2D eigenvalue weighted by atomic mass is 32.2. The molecular formula is C37H44N4O5S2. The topological polar surface area (TPSA) is 123 Å². The second-order valence-corrected chi connectivity index (χ2v) is 14.6. The molecule has 1 aliphatic heterocycles. The van der Waals surface area contributed by atoms with Crippen LogP contribution >= 0.6 is 23.1 Å². The van der Waals surface area contributed by atoms with Gasteiger partial charge in [0.15, 0.2) is 10.6 Å². The smallest absolute Gasteiger partial charge is 0.220 e. The van der Waals surface area contributed by atoms with Crippen LogP contribution in [0.25, 0.3) is 11.1 Å². The summed E-state index contributed by atoms with van der Waals surface area (Å²) in [6, 6.07) is 24.4. The maximum Gasteiger partial charge on any atom is 0.220 e. The molecule has 4 aromatic rings. The van der Waals surface area contributed by atoms with Gasteiger partial charge in [0, 0.05) is 43.7 Å². The van der Waals surface area contributed by atoms with Crippen molar-refractivity contribution in [1.82, 2.24) is 20.8 Å². The van der Waals surface area contributed by atoms with Crippen LogP contribution in [0.5, 0.6) is 0 Å². The Morgan fingerprint density at radius 1 is 0.896 bits per heavy atom.